The maximum atomic E-state index is 14.7. The van der Waals surface area contributed by atoms with Crippen LogP contribution in [0.2, 0.25) is 0 Å². The highest BCUT2D eigenvalue weighted by Crippen LogP contribution is 2.54. The van der Waals surface area contributed by atoms with E-state index in [2.05, 4.69) is 62.9 Å². The van der Waals surface area contributed by atoms with E-state index in [4.69, 9.17) is 19.2 Å². The van der Waals surface area contributed by atoms with E-state index in [1.165, 1.54) is 23.3 Å². The van der Waals surface area contributed by atoms with Crippen molar-refractivity contribution in [2.75, 3.05) is 67.7 Å². The number of amides is 1. The van der Waals surface area contributed by atoms with Gasteiger partial charge in [0.25, 0.3) is 21.6 Å². The number of benzene rings is 3. The van der Waals surface area contributed by atoms with Crippen LogP contribution in [0.4, 0.5) is 28.4 Å². The zero-order chi connectivity index (χ0) is 50.6. The predicted molar refractivity (Wildman–Crippen MR) is 279 cm³/mol. The Morgan fingerprint density at radius 2 is 1.73 bits per heavy atom. The zero-order valence-electron chi connectivity index (χ0n) is 42.1. The number of H-pyrrole nitrogens is 1. The van der Waals surface area contributed by atoms with Crippen LogP contribution >= 0.6 is 0 Å². The lowest BCUT2D eigenvalue weighted by Crippen LogP contribution is -2.56. The van der Waals surface area contributed by atoms with Crippen molar-refractivity contribution in [2.45, 2.75) is 126 Å². The smallest absolute Gasteiger partial charge is 0.293 e. The molecule has 4 aliphatic heterocycles. The Hall–Kier alpha value is -5.79. The number of nitrogens with one attached hydrogen (secondary N) is 3. The van der Waals surface area contributed by atoms with Crippen LogP contribution < -0.4 is 24.6 Å². The van der Waals surface area contributed by atoms with Gasteiger partial charge in [0.05, 0.1) is 58.6 Å². The quantitative estimate of drug-likeness (QED) is 0.0681. The van der Waals surface area contributed by atoms with E-state index in [0.717, 1.165) is 88.3 Å². The highest BCUT2D eigenvalue weighted by atomic mass is 32.2. The van der Waals surface area contributed by atoms with Crippen molar-refractivity contribution in [3.63, 3.8) is 0 Å². The zero-order valence-corrected chi connectivity index (χ0v) is 42.9. The Kier molecular flexibility index (Phi) is 13.4. The van der Waals surface area contributed by atoms with Crippen molar-refractivity contribution in [3.8, 4) is 5.88 Å². The first kappa shape index (κ1) is 49.4. The molecule has 0 bridgehead atoms. The molecule has 388 valence electrons. The molecule has 18 heteroatoms. The van der Waals surface area contributed by atoms with E-state index < -0.39 is 37.0 Å². The van der Waals surface area contributed by atoms with Crippen LogP contribution in [-0.2, 0) is 19.5 Å². The molecule has 17 nitrogen and oxygen atoms in total. The SMILES string of the molecule is CC(C)c1ccccc1[C@@H]1COCCCN1C1CC2(CCN(c3ccc(C(=O)NS(=O)(=O)c4ccc(NC[C@H]5CC[C@](C)(O)CC5)c([N+](=O)[O-])c4)c(N4c5cc6cc[nH]c6nc5O[C@@H]5CCOC[C@H]54)c3)CC2)C1. The Morgan fingerprint density at radius 3 is 2.51 bits per heavy atom. The number of aromatic nitrogens is 2. The van der Waals surface area contributed by atoms with Gasteiger partial charge in [0.15, 0.2) is 0 Å². The lowest BCUT2D eigenvalue weighted by molar-refractivity contribution is -0.384. The van der Waals surface area contributed by atoms with Gasteiger partial charge in [-0.15, -0.1) is 0 Å². The van der Waals surface area contributed by atoms with Crippen LogP contribution in [0, 0.1) is 21.4 Å². The number of sulfonamides is 1. The van der Waals surface area contributed by atoms with Gasteiger partial charge in [0.2, 0.25) is 5.88 Å². The topological polar surface area (TPSA) is 205 Å². The number of ether oxygens (including phenoxy) is 3. The molecular weight excluding hydrogens is 949 g/mol. The van der Waals surface area contributed by atoms with Crippen molar-refractivity contribution in [3.05, 3.63) is 106 Å². The molecule has 1 amide bonds. The van der Waals surface area contributed by atoms with Gasteiger partial charge >= 0.3 is 0 Å². The summed E-state index contributed by atoms with van der Waals surface area (Å²) in [4.78, 5) is 41.3. The molecule has 0 radical (unpaired) electrons. The average molecular weight is 1020 g/mol. The summed E-state index contributed by atoms with van der Waals surface area (Å²) in [6.07, 6.45) is 10.2. The number of aliphatic hydroxyl groups is 1. The van der Waals surface area contributed by atoms with Crippen LogP contribution in [0.1, 0.15) is 118 Å². The number of carbonyl (C=O) groups is 1. The normalized spacial score (nSPS) is 25.6. The number of nitro groups is 1. The highest BCUT2D eigenvalue weighted by Gasteiger charge is 2.50. The van der Waals surface area contributed by atoms with E-state index in [-0.39, 0.29) is 40.8 Å². The van der Waals surface area contributed by atoms with E-state index in [9.17, 15) is 28.4 Å². The molecule has 3 aromatic carbocycles. The van der Waals surface area contributed by atoms with Gasteiger partial charge in [-0.2, -0.15) is 4.98 Å². The highest BCUT2D eigenvalue weighted by molar-refractivity contribution is 7.90. The van der Waals surface area contributed by atoms with Crippen molar-refractivity contribution >= 4 is 55.4 Å². The molecule has 3 atom stereocenters. The molecule has 6 aliphatic rings. The van der Waals surface area contributed by atoms with Gasteiger partial charge in [-0.3, -0.25) is 19.8 Å². The Balaban J connectivity index is 0.865. The first-order valence-electron chi connectivity index (χ1n) is 26.3. The molecule has 2 aliphatic carbocycles. The molecule has 1 spiro atoms. The fourth-order valence-electron chi connectivity index (χ4n) is 12.7. The number of nitrogens with zero attached hydrogens (tertiary/aromatic N) is 5. The van der Waals surface area contributed by atoms with E-state index in [1.807, 2.05) is 42.3 Å². The number of piperidine rings is 1. The third-order valence-electron chi connectivity index (χ3n) is 16.9. The van der Waals surface area contributed by atoms with Crippen LogP contribution in [-0.4, -0.2) is 116 Å². The Bertz CT molecular complexity index is 2970. The van der Waals surface area contributed by atoms with Crippen molar-refractivity contribution in [1.82, 2.24) is 19.6 Å². The summed E-state index contributed by atoms with van der Waals surface area (Å²) in [6.45, 7) is 11.7. The minimum atomic E-state index is -4.63. The monoisotopic (exact) mass is 1020 g/mol. The number of hydrogen-bond donors (Lipinski definition) is 4. The third kappa shape index (κ3) is 9.88. The Morgan fingerprint density at radius 1 is 0.945 bits per heavy atom. The summed E-state index contributed by atoms with van der Waals surface area (Å²) in [5.41, 5.74) is 4.81. The van der Waals surface area contributed by atoms with Crippen LogP contribution in [0.3, 0.4) is 0 Å². The van der Waals surface area contributed by atoms with Crippen LogP contribution in [0.15, 0.2) is 83.9 Å². The minimum absolute atomic E-state index is 0.100. The third-order valence-corrected chi connectivity index (χ3v) is 18.2. The van der Waals surface area contributed by atoms with E-state index in [1.54, 1.807) is 6.07 Å². The standard InChI is InChI=1S/C55H68N8O9S/c1-35(2)41-7-4-5-8-42(41)48-33-70-25-6-22-61(48)39-30-55(31-39)19-23-60(24-20-55)38-9-11-43(45(28-38)62-47-27-37-15-21-56-51(37)58-53(47)72-50-16-26-71-34-49(50)62)52(64)59-73(68,69)40-10-12-44(46(29-40)63(66)67)57-32-36-13-17-54(3,65)18-14-36/h4-5,7-12,15,21,27-29,35-36,39,48-50,57,65H,6,13-14,16-20,22-26,30-34H2,1-3H3,(H,56,58)(H,59,64)/t36-,48-,49+,50+,54-/m0/s1. The van der Waals surface area contributed by atoms with Gasteiger partial charge in [-0.25, -0.2) is 13.1 Å². The number of nitro benzene ring substituents is 1. The van der Waals surface area contributed by atoms with Gasteiger partial charge in [-0.05, 0) is 136 Å². The summed E-state index contributed by atoms with van der Waals surface area (Å²) in [5.74, 6) is 0.127. The molecule has 5 fully saturated rings. The van der Waals surface area contributed by atoms with Gasteiger partial charge in [0.1, 0.15) is 23.1 Å². The molecule has 0 unspecified atom stereocenters. The molecular formula is C55H68N8O9S. The number of anilines is 4. The lowest BCUT2D eigenvalue weighted by atomic mass is 9.59. The van der Waals surface area contributed by atoms with Crippen molar-refractivity contribution in [2.24, 2.45) is 11.3 Å². The fourth-order valence-corrected chi connectivity index (χ4v) is 13.7. The van der Waals surface area contributed by atoms with Gasteiger partial charge in [0, 0.05) is 68.6 Å². The summed E-state index contributed by atoms with van der Waals surface area (Å²) < 4.78 is 49.5. The summed E-state index contributed by atoms with van der Waals surface area (Å²) >= 11 is 0. The van der Waals surface area contributed by atoms with Gasteiger partial charge in [-0.1, -0.05) is 38.1 Å². The van der Waals surface area contributed by atoms with Crippen molar-refractivity contribution in [1.29, 1.82) is 0 Å². The molecule has 4 N–H and O–H groups in total. The molecule has 6 heterocycles. The number of aromatic amines is 1. The second-order valence-corrected chi connectivity index (χ2v) is 23.8. The van der Waals surface area contributed by atoms with Crippen LogP contribution in [0.25, 0.3) is 11.0 Å². The number of carbonyl (C=O) groups excluding carboxylic acids is 1. The van der Waals surface area contributed by atoms with E-state index >= 15 is 0 Å². The van der Waals surface area contributed by atoms with Crippen molar-refractivity contribution < 1.29 is 37.5 Å². The molecule has 11 rings (SSSR count). The lowest BCUT2D eigenvalue weighted by Gasteiger charge is -2.56. The summed E-state index contributed by atoms with van der Waals surface area (Å²) in [6, 6.07) is 22.3. The fraction of sp³-hybridized carbons (Fsp3) is 0.527. The molecule has 5 aromatic rings. The second-order valence-electron chi connectivity index (χ2n) is 22.1. The minimum Gasteiger partial charge on any atom is -0.470 e. The average Bonchev–Trinajstić information content (AvgIpc) is 3.70. The Labute approximate surface area is 427 Å². The number of rotatable bonds is 12. The molecule has 3 saturated heterocycles. The van der Waals surface area contributed by atoms with E-state index in [0.29, 0.717) is 80.5 Å². The number of hydrogen-bond acceptors (Lipinski definition) is 14. The number of fused-ring (bicyclic) bond motifs is 3. The largest absolute Gasteiger partial charge is 0.470 e. The molecule has 2 saturated carbocycles. The molecule has 73 heavy (non-hydrogen) atoms. The second kappa shape index (κ2) is 19.8. The number of pyridine rings is 1. The first-order chi connectivity index (χ1) is 35.1. The summed E-state index contributed by atoms with van der Waals surface area (Å²) in [5, 5.41) is 26.8. The van der Waals surface area contributed by atoms with Crippen LogP contribution in [0.5, 0.6) is 5.88 Å². The van der Waals surface area contributed by atoms with Gasteiger partial charge < -0.3 is 39.4 Å². The first-order valence-corrected chi connectivity index (χ1v) is 27.8. The maximum absolute atomic E-state index is 14.7. The predicted octanol–water partition coefficient (Wildman–Crippen LogP) is 8.97. The molecule has 2 aromatic heterocycles. The summed E-state index contributed by atoms with van der Waals surface area (Å²) in [7, 11) is -4.63. The maximum Gasteiger partial charge on any atom is 0.293 e.